The quantitative estimate of drug-likeness (QED) is 0.626. The Labute approximate surface area is 176 Å². The molecule has 1 aromatic heterocycles. The molecule has 0 spiro atoms. The molecule has 0 N–H and O–H groups in total. The molecule has 8 heteroatoms. The molecule has 6 nitrogen and oxygen atoms in total. The van der Waals surface area contributed by atoms with E-state index < -0.39 is 9.84 Å². The molecular weight excluding hydrogens is 408 g/mol. The van der Waals surface area contributed by atoms with Gasteiger partial charge in [0.15, 0.2) is 9.84 Å². The van der Waals surface area contributed by atoms with E-state index in [1.807, 2.05) is 38.1 Å². The highest BCUT2D eigenvalue weighted by Gasteiger charge is 2.35. The zero-order valence-corrected chi connectivity index (χ0v) is 18.8. The number of sulfone groups is 1. The van der Waals surface area contributed by atoms with Crippen LogP contribution in [-0.4, -0.2) is 54.9 Å². The van der Waals surface area contributed by atoms with Gasteiger partial charge in [0.1, 0.15) is 15.6 Å². The Morgan fingerprint density at radius 3 is 2.59 bits per heavy atom. The van der Waals surface area contributed by atoms with Crippen molar-refractivity contribution in [3.63, 3.8) is 0 Å². The first-order chi connectivity index (χ1) is 13.8. The van der Waals surface area contributed by atoms with Crippen molar-refractivity contribution in [2.24, 2.45) is 0 Å². The van der Waals surface area contributed by atoms with Crippen LogP contribution in [0, 0.1) is 6.92 Å². The number of aryl methyl sites for hydroxylation is 1. The van der Waals surface area contributed by atoms with Gasteiger partial charge in [-0.15, -0.1) is 11.3 Å². The third-order valence-corrected chi connectivity index (χ3v) is 8.01. The molecule has 1 atom stereocenters. The van der Waals surface area contributed by atoms with Crippen LogP contribution in [0.4, 0.5) is 0 Å². The number of amides is 1. The molecule has 0 bridgehead atoms. The van der Waals surface area contributed by atoms with Crippen molar-refractivity contribution in [2.45, 2.75) is 46.1 Å². The lowest BCUT2D eigenvalue weighted by Crippen LogP contribution is -2.41. The van der Waals surface area contributed by atoms with E-state index in [1.165, 1.54) is 11.3 Å². The minimum Gasteiger partial charge on any atom is -0.494 e. The Morgan fingerprint density at radius 2 is 2.00 bits per heavy atom. The molecule has 3 rings (SSSR count). The molecule has 0 radical (unpaired) electrons. The predicted molar refractivity (Wildman–Crippen MR) is 116 cm³/mol. The van der Waals surface area contributed by atoms with Crippen LogP contribution < -0.4 is 4.74 Å². The van der Waals surface area contributed by atoms with Crippen molar-refractivity contribution >= 4 is 27.1 Å². The average molecular weight is 437 g/mol. The van der Waals surface area contributed by atoms with E-state index in [-0.39, 0.29) is 23.5 Å². The largest absolute Gasteiger partial charge is 0.494 e. The Morgan fingerprint density at radius 1 is 1.28 bits per heavy atom. The SMILES string of the molecule is CCCCN(C(=O)c1sc(-c2ccc(OCC)cc2)nc1C)C1CCS(=O)(=O)C1. The van der Waals surface area contributed by atoms with Crippen LogP contribution >= 0.6 is 11.3 Å². The molecule has 0 saturated carbocycles. The van der Waals surface area contributed by atoms with Crippen molar-refractivity contribution in [3.8, 4) is 16.3 Å². The molecular formula is C21H28N2O4S2. The van der Waals surface area contributed by atoms with Gasteiger partial charge in [0.25, 0.3) is 5.91 Å². The molecule has 1 saturated heterocycles. The zero-order valence-electron chi connectivity index (χ0n) is 17.2. The van der Waals surface area contributed by atoms with E-state index in [2.05, 4.69) is 11.9 Å². The van der Waals surface area contributed by atoms with E-state index >= 15 is 0 Å². The number of hydrogen-bond acceptors (Lipinski definition) is 6. The molecule has 29 heavy (non-hydrogen) atoms. The molecule has 1 aromatic carbocycles. The van der Waals surface area contributed by atoms with Crippen molar-refractivity contribution < 1.29 is 17.9 Å². The van der Waals surface area contributed by atoms with Crippen LogP contribution in [0.5, 0.6) is 5.75 Å². The average Bonchev–Trinajstić information content (AvgIpc) is 3.25. The van der Waals surface area contributed by atoms with Gasteiger partial charge in [-0.05, 0) is 51.0 Å². The van der Waals surface area contributed by atoms with Gasteiger partial charge in [-0.2, -0.15) is 0 Å². The maximum atomic E-state index is 13.3. The van der Waals surface area contributed by atoms with Crippen molar-refractivity contribution in [1.82, 2.24) is 9.88 Å². The summed E-state index contributed by atoms with van der Waals surface area (Å²) < 4.78 is 29.4. The summed E-state index contributed by atoms with van der Waals surface area (Å²) in [4.78, 5) is 20.3. The van der Waals surface area contributed by atoms with Gasteiger partial charge in [-0.3, -0.25) is 4.79 Å². The molecule has 158 valence electrons. The molecule has 1 aliphatic heterocycles. The monoisotopic (exact) mass is 436 g/mol. The fourth-order valence-corrected chi connectivity index (χ4v) is 6.27. The second kappa shape index (κ2) is 9.26. The number of thiazole rings is 1. The molecule has 1 aliphatic rings. The number of benzene rings is 1. The third-order valence-electron chi connectivity index (χ3n) is 5.07. The Hall–Kier alpha value is -1.93. The first-order valence-electron chi connectivity index (χ1n) is 10.1. The maximum absolute atomic E-state index is 13.3. The smallest absolute Gasteiger partial charge is 0.266 e. The predicted octanol–water partition coefficient (Wildman–Crippen LogP) is 3.95. The summed E-state index contributed by atoms with van der Waals surface area (Å²) in [5.41, 5.74) is 1.62. The standard InChI is InChI=1S/C21H28N2O4S2/c1-4-6-12-23(17-11-13-29(25,26)14-17)21(24)19-15(3)22-20(28-19)16-7-9-18(10-8-16)27-5-2/h7-10,17H,4-6,11-14H2,1-3H3. The van der Waals surface area contributed by atoms with Crippen molar-refractivity contribution in [3.05, 3.63) is 34.8 Å². The summed E-state index contributed by atoms with van der Waals surface area (Å²) in [5, 5.41) is 0.781. The maximum Gasteiger partial charge on any atom is 0.266 e. The van der Waals surface area contributed by atoms with E-state index in [4.69, 9.17) is 4.74 Å². The number of rotatable bonds is 8. The van der Waals surface area contributed by atoms with Gasteiger partial charge >= 0.3 is 0 Å². The summed E-state index contributed by atoms with van der Waals surface area (Å²) in [7, 11) is -3.06. The minimum absolute atomic E-state index is 0.0616. The number of carbonyl (C=O) groups excluding carboxylic acids is 1. The normalized spacial score (nSPS) is 18.0. The summed E-state index contributed by atoms with van der Waals surface area (Å²) >= 11 is 1.37. The molecule has 2 aromatic rings. The lowest BCUT2D eigenvalue weighted by Gasteiger charge is -2.28. The lowest BCUT2D eigenvalue weighted by atomic mass is 10.2. The third kappa shape index (κ3) is 5.17. The highest BCUT2D eigenvalue weighted by atomic mass is 32.2. The topological polar surface area (TPSA) is 76.6 Å². The summed E-state index contributed by atoms with van der Waals surface area (Å²) in [5.74, 6) is 0.917. The second-order valence-corrected chi connectivity index (χ2v) is 10.5. The van der Waals surface area contributed by atoms with Gasteiger partial charge < -0.3 is 9.64 Å². The second-order valence-electron chi connectivity index (χ2n) is 7.30. The Kier molecular flexibility index (Phi) is 6.95. The molecule has 0 aliphatic carbocycles. The Bertz CT molecular complexity index is 952. The number of ether oxygens (including phenoxy) is 1. The highest BCUT2D eigenvalue weighted by molar-refractivity contribution is 7.91. The summed E-state index contributed by atoms with van der Waals surface area (Å²) in [6.45, 7) is 7.03. The first kappa shape index (κ1) is 21.8. The van der Waals surface area contributed by atoms with E-state index in [0.717, 1.165) is 29.2 Å². The summed E-state index contributed by atoms with van der Waals surface area (Å²) in [6.07, 6.45) is 2.32. The fourth-order valence-electron chi connectivity index (χ4n) is 3.51. The van der Waals surface area contributed by atoms with Crippen LogP contribution in [0.25, 0.3) is 10.6 Å². The van der Waals surface area contributed by atoms with Gasteiger partial charge in [0.05, 0.1) is 23.8 Å². The number of aromatic nitrogens is 1. The van der Waals surface area contributed by atoms with Crippen LogP contribution in [0.2, 0.25) is 0 Å². The van der Waals surface area contributed by atoms with E-state index in [9.17, 15) is 13.2 Å². The van der Waals surface area contributed by atoms with Gasteiger partial charge in [-0.1, -0.05) is 13.3 Å². The van der Waals surface area contributed by atoms with Crippen LogP contribution in [0.3, 0.4) is 0 Å². The van der Waals surface area contributed by atoms with E-state index in [0.29, 0.717) is 30.1 Å². The minimum atomic E-state index is -3.06. The first-order valence-corrected chi connectivity index (χ1v) is 12.7. The zero-order chi connectivity index (χ0) is 21.0. The molecule has 1 fully saturated rings. The van der Waals surface area contributed by atoms with Gasteiger partial charge in [0, 0.05) is 18.2 Å². The number of nitrogens with zero attached hydrogens (tertiary/aromatic N) is 2. The number of unbranched alkanes of at least 4 members (excludes halogenated alkanes) is 1. The van der Waals surface area contributed by atoms with Crippen molar-refractivity contribution in [1.29, 1.82) is 0 Å². The fraction of sp³-hybridized carbons (Fsp3) is 0.524. The van der Waals surface area contributed by atoms with Crippen molar-refractivity contribution in [2.75, 3.05) is 24.7 Å². The molecule has 1 unspecified atom stereocenters. The Balaban J connectivity index is 1.84. The van der Waals surface area contributed by atoms with E-state index in [1.54, 1.807) is 4.90 Å². The molecule has 1 amide bonds. The van der Waals surface area contributed by atoms with Crippen LogP contribution in [0.1, 0.15) is 48.5 Å². The summed E-state index contributed by atoms with van der Waals surface area (Å²) in [6, 6.07) is 7.43. The highest BCUT2D eigenvalue weighted by Crippen LogP contribution is 2.31. The number of carbonyl (C=O) groups is 1. The number of hydrogen-bond donors (Lipinski definition) is 0. The van der Waals surface area contributed by atoms with Crippen LogP contribution in [0.15, 0.2) is 24.3 Å². The van der Waals surface area contributed by atoms with Gasteiger partial charge in [0.2, 0.25) is 0 Å². The van der Waals surface area contributed by atoms with Gasteiger partial charge in [-0.25, -0.2) is 13.4 Å². The lowest BCUT2D eigenvalue weighted by molar-refractivity contribution is 0.0698. The van der Waals surface area contributed by atoms with Crippen LogP contribution in [-0.2, 0) is 9.84 Å². The molecule has 2 heterocycles.